The second-order valence-electron chi connectivity index (χ2n) is 14.6. The molecule has 2 aliphatic carbocycles. The highest BCUT2D eigenvalue weighted by atomic mass is 15.0. The van der Waals surface area contributed by atoms with Crippen LogP contribution in [0.2, 0.25) is 0 Å². The van der Waals surface area contributed by atoms with Gasteiger partial charge in [0.1, 0.15) is 0 Å². The highest BCUT2D eigenvalue weighted by Crippen LogP contribution is 2.51. The van der Waals surface area contributed by atoms with E-state index in [0.717, 1.165) is 27.8 Å². The minimum atomic E-state index is 0.583. The van der Waals surface area contributed by atoms with E-state index < -0.39 is 0 Å². The third-order valence-electron chi connectivity index (χ3n) is 11.5. The van der Waals surface area contributed by atoms with Crippen LogP contribution in [-0.2, 0) is 0 Å². The summed E-state index contributed by atoms with van der Waals surface area (Å²) in [6.07, 6.45) is 3.58. The van der Waals surface area contributed by atoms with Gasteiger partial charge >= 0.3 is 0 Å². The topological polar surface area (TPSA) is 51.6 Å². The van der Waals surface area contributed by atoms with Crippen molar-refractivity contribution in [1.29, 1.82) is 0 Å². The fourth-order valence-corrected chi connectivity index (χ4v) is 9.03. The Balaban J connectivity index is 1.13. The molecule has 2 aliphatic rings. The van der Waals surface area contributed by atoms with E-state index in [1.807, 2.05) is 48.7 Å². The summed E-state index contributed by atoms with van der Waals surface area (Å²) >= 11 is 0. The van der Waals surface area contributed by atoms with Gasteiger partial charge in [0.25, 0.3) is 0 Å². The van der Waals surface area contributed by atoms with Crippen molar-refractivity contribution >= 4 is 21.5 Å². The predicted octanol–water partition coefficient (Wildman–Crippen LogP) is 13.2. The molecule has 2 aromatic heterocycles. The maximum atomic E-state index is 5.18. The van der Waals surface area contributed by atoms with Gasteiger partial charge < -0.3 is 0 Å². The Morgan fingerprint density at radius 3 is 1.20 bits per heavy atom. The van der Waals surface area contributed by atoms with Crippen molar-refractivity contribution in [2.45, 2.75) is 0 Å². The molecule has 56 heavy (non-hydrogen) atoms. The molecule has 0 radical (unpaired) electrons. The van der Waals surface area contributed by atoms with Crippen LogP contribution < -0.4 is 0 Å². The number of hydrogen-bond donors (Lipinski definition) is 0. The van der Waals surface area contributed by atoms with E-state index in [1.54, 1.807) is 6.20 Å². The molecule has 258 valence electrons. The lowest BCUT2D eigenvalue weighted by Gasteiger charge is -2.16. The second-order valence-corrected chi connectivity index (χ2v) is 14.6. The van der Waals surface area contributed by atoms with Crippen LogP contribution in [0.3, 0.4) is 0 Å². The van der Waals surface area contributed by atoms with Crippen LogP contribution in [0, 0.1) is 0 Å². The zero-order chi connectivity index (χ0) is 36.7. The van der Waals surface area contributed by atoms with Gasteiger partial charge in [-0.2, -0.15) is 0 Å². The van der Waals surface area contributed by atoms with Crippen molar-refractivity contribution in [2.75, 3.05) is 0 Å². The van der Waals surface area contributed by atoms with Crippen molar-refractivity contribution in [3.63, 3.8) is 0 Å². The zero-order valence-electron chi connectivity index (χ0n) is 30.1. The van der Waals surface area contributed by atoms with Gasteiger partial charge in [0, 0.05) is 29.1 Å². The van der Waals surface area contributed by atoms with Crippen molar-refractivity contribution in [2.24, 2.45) is 0 Å². The fraction of sp³-hybridized carbons (Fsp3) is 0. The molecule has 0 aliphatic heterocycles. The lowest BCUT2D eigenvalue weighted by Crippen LogP contribution is -2.01. The SMILES string of the molecule is c1ccc(-c2nc(-c3cccnc3)nc(-c3cc(-c4ccc5c6c(cccc46)-c4ccccc4-5)cc(-c4ccc5c6c(cccc46)-c4ccccc4-5)c3)n2)cc1. The number of fused-ring (bicyclic) bond motifs is 6. The number of nitrogens with zero attached hydrogens (tertiary/aromatic N) is 4. The number of benzene rings is 8. The van der Waals surface area contributed by atoms with Crippen LogP contribution in [0.4, 0.5) is 0 Å². The number of pyridine rings is 1. The van der Waals surface area contributed by atoms with Gasteiger partial charge in [-0.15, -0.1) is 0 Å². The van der Waals surface area contributed by atoms with Crippen LogP contribution in [0.1, 0.15) is 0 Å². The molecule has 0 fully saturated rings. The van der Waals surface area contributed by atoms with Crippen molar-refractivity contribution in [1.82, 2.24) is 19.9 Å². The van der Waals surface area contributed by atoms with Crippen LogP contribution in [0.15, 0.2) is 182 Å². The first-order chi connectivity index (χ1) is 27.8. The van der Waals surface area contributed by atoms with E-state index in [9.17, 15) is 0 Å². The third kappa shape index (κ3) is 4.60. The maximum absolute atomic E-state index is 5.18. The summed E-state index contributed by atoms with van der Waals surface area (Å²) in [7, 11) is 0. The largest absolute Gasteiger partial charge is 0.264 e. The Hall–Kier alpha value is -7.56. The van der Waals surface area contributed by atoms with Crippen LogP contribution in [0.5, 0.6) is 0 Å². The van der Waals surface area contributed by atoms with Gasteiger partial charge in [-0.1, -0.05) is 140 Å². The zero-order valence-corrected chi connectivity index (χ0v) is 30.1. The van der Waals surface area contributed by atoms with Crippen LogP contribution in [0.25, 0.3) is 122 Å². The number of aromatic nitrogens is 4. The van der Waals surface area contributed by atoms with Crippen LogP contribution in [-0.4, -0.2) is 19.9 Å². The van der Waals surface area contributed by atoms with Gasteiger partial charge in [0.2, 0.25) is 0 Å². The van der Waals surface area contributed by atoms with Gasteiger partial charge in [-0.3, -0.25) is 4.98 Å². The summed E-state index contributed by atoms with van der Waals surface area (Å²) in [5.41, 5.74) is 17.5. The monoisotopic (exact) mass is 710 g/mol. The maximum Gasteiger partial charge on any atom is 0.165 e. The molecular weight excluding hydrogens is 681 g/mol. The predicted molar refractivity (Wildman–Crippen MR) is 229 cm³/mol. The van der Waals surface area contributed by atoms with E-state index in [4.69, 9.17) is 15.0 Å². The summed E-state index contributed by atoms with van der Waals surface area (Å²) in [6.45, 7) is 0. The summed E-state index contributed by atoms with van der Waals surface area (Å²) in [5, 5.41) is 5.05. The Labute approximate surface area is 323 Å². The highest BCUT2D eigenvalue weighted by Gasteiger charge is 2.25. The molecule has 8 aromatic carbocycles. The van der Waals surface area contributed by atoms with Crippen molar-refractivity contribution in [3.8, 4) is 101 Å². The molecular formula is C52H30N4. The molecule has 4 heteroatoms. The van der Waals surface area contributed by atoms with E-state index in [-0.39, 0.29) is 0 Å². The summed E-state index contributed by atoms with van der Waals surface area (Å²) in [5.74, 6) is 1.81. The molecule has 0 saturated heterocycles. The van der Waals surface area contributed by atoms with Gasteiger partial charge in [-0.25, -0.2) is 15.0 Å². The van der Waals surface area contributed by atoms with E-state index in [2.05, 4.69) is 132 Å². The van der Waals surface area contributed by atoms with Gasteiger partial charge in [0.05, 0.1) is 0 Å². The number of hydrogen-bond acceptors (Lipinski definition) is 4. The molecule has 12 rings (SSSR count). The Morgan fingerprint density at radius 2 is 0.679 bits per heavy atom. The van der Waals surface area contributed by atoms with E-state index in [1.165, 1.54) is 77.2 Å². The molecule has 0 atom stereocenters. The standard InChI is InChI=1S/C52H30N4/c1-2-11-31(12-3-1)50-54-51(32-13-10-26-53-30-32)56-52(55-50)35-28-33(36-22-24-46-40-16-6-4-14-38(40)44-20-8-18-42(36)48(44)46)27-34(29-35)37-23-25-47-41-17-7-5-15-39(41)45-21-9-19-43(37)49(45)47/h1-30H. The average Bonchev–Trinajstić information content (AvgIpc) is 3.78. The number of rotatable bonds is 5. The quantitative estimate of drug-likeness (QED) is 0.178. The third-order valence-corrected chi connectivity index (χ3v) is 11.5. The first-order valence-electron chi connectivity index (χ1n) is 19.0. The lowest BCUT2D eigenvalue weighted by atomic mass is 9.89. The van der Waals surface area contributed by atoms with Crippen LogP contribution >= 0.6 is 0 Å². The molecule has 0 bridgehead atoms. The first-order valence-corrected chi connectivity index (χ1v) is 19.0. The Morgan fingerprint density at radius 1 is 0.268 bits per heavy atom. The van der Waals surface area contributed by atoms with Crippen molar-refractivity contribution < 1.29 is 0 Å². The normalized spacial score (nSPS) is 11.9. The molecule has 0 amide bonds. The minimum absolute atomic E-state index is 0.583. The molecule has 4 nitrogen and oxygen atoms in total. The first kappa shape index (κ1) is 30.9. The molecule has 0 unspecified atom stereocenters. The molecule has 10 aromatic rings. The lowest BCUT2D eigenvalue weighted by molar-refractivity contribution is 1.07. The molecule has 0 spiro atoms. The molecule has 2 heterocycles. The molecule has 0 N–H and O–H groups in total. The summed E-state index contributed by atoms with van der Waals surface area (Å²) < 4.78 is 0. The van der Waals surface area contributed by atoms with Gasteiger partial charge in [0.15, 0.2) is 17.5 Å². The Bertz CT molecular complexity index is 2970. The van der Waals surface area contributed by atoms with Crippen molar-refractivity contribution in [3.05, 3.63) is 182 Å². The Kier molecular flexibility index (Phi) is 6.60. The smallest absolute Gasteiger partial charge is 0.165 e. The highest BCUT2D eigenvalue weighted by molar-refractivity contribution is 6.20. The summed E-state index contributed by atoms with van der Waals surface area (Å²) in [6, 6.07) is 61.0. The van der Waals surface area contributed by atoms with E-state index in [0.29, 0.717) is 17.5 Å². The second kappa shape index (κ2) is 12.0. The van der Waals surface area contributed by atoms with Gasteiger partial charge in [-0.05, 0) is 119 Å². The minimum Gasteiger partial charge on any atom is -0.264 e. The summed E-state index contributed by atoms with van der Waals surface area (Å²) in [4.78, 5) is 19.7. The molecule has 0 saturated carbocycles. The fourth-order valence-electron chi connectivity index (χ4n) is 9.03. The van der Waals surface area contributed by atoms with E-state index >= 15 is 0 Å². The average molecular weight is 711 g/mol.